The summed E-state index contributed by atoms with van der Waals surface area (Å²) in [5, 5.41) is 10.9. The van der Waals surface area contributed by atoms with Crippen molar-refractivity contribution in [1.29, 1.82) is 0 Å². The van der Waals surface area contributed by atoms with Crippen molar-refractivity contribution in [2.24, 2.45) is 0 Å². The van der Waals surface area contributed by atoms with Gasteiger partial charge in [0.25, 0.3) is 0 Å². The van der Waals surface area contributed by atoms with Crippen molar-refractivity contribution in [3.63, 3.8) is 0 Å². The molecule has 0 amide bonds. The highest BCUT2D eigenvalue weighted by Gasteiger charge is 2.53. The average Bonchev–Trinajstić information content (AvgIpc) is 3.30. The number of carboxylic acid groups (broad SMARTS) is 1. The van der Waals surface area contributed by atoms with E-state index < -0.39 is 23.6 Å². The lowest BCUT2D eigenvalue weighted by Gasteiger charge is -2.18. The van der Waals surface area contributed by atoms with Crippen molar-refractivity contribution in [2.75, 3.05) is 13.7 Å². The highest BCUT2D eigenvalue weighted by atomic mass is 16.6. The fraction of sp³-hybridized carbons (Fsp3) is 0.333. The van der Waals surface area contributed by atoms with Crippen LogP contribution in [-0.4, -0.2) is 42.5 Å². The molecule has 24 heavy (non-hydrogen) atoms. The van der Waals surface area contributed by atoms with Gasteiger partial charge in [-0.25, -0.2) is 9.59 Å². The number of methoxy groups -OCH3 is 1. The van der Waals surface area contributed by atoms with Crippen molar-refractivity contribution >= 4 is 22.7 Å². The molecule has 0 spiro atoms. The van der Waals surface area contributed by atoms with Crippen molar-refractivity contribution in [1.82, 2.24) is 0 Å². The molecular formula is C18H18O6. The van der Waals surface area contributed by atoms with Gasteiger partial charge in [0.1, 0.15) is 11.4 Å². The van der Waals surface area contributed by atoms with Crippen LogP contribution < -0.4 is 4.74 Å². The molecule has 1 aliphatic rings. The Balaban J connectivity index is 2.03. The summed E-state index contributed by atoms with van der Waals surface area (Å²) in [6, 6.07) is 8.95. The molecule has 1 N–H and O–H groups in total. The quantitative estimate of drug-likeness (QED) is 0.670. The highest BCUT2D eigenvalue weighted by Crippen LogP contribution is 2.34. The van der Waals surface area contributed by atoms with Gasteiger partial charge in [-0.05, 0) is 42.3 Å². The summed E-state index contributed by atoms with van der Waals surface area (Å²) < 4.78 is 15.6. The third-order valence-corrected chi connectivity index (χ3v) is 4.25. The summed E-state index contributed by atoms with van der Waals surface area (Å²) in [6.45, 7) is 3.78. The van der Waals surface area contributed by atoms with Crippen LogP contribution in [0, 0.1) is 6.92 Å². The van der Waals surface area contributed by atoms with Crippen LogP contribution in [0.25, 0.3) is 10.8 Å². The predicted molar refractivity (Wildman–Crippen MR) is 86.4 cm³/mol. The molecule has 0 unspecified atom stereocenters. The summed E-state index contributed by atoms with van der Waals surface area (Å²) in [7, 11) is 1.51. The van der Waals surface area contributed by atoms with Crippen molar-refractivity contribution in [2.45, 2.75) is 25.6 Å². The Bertz CT molecular complexity index is 822. The molecule has 0 saturated carbocycles. The number of carbonyl (C=O) groups is 2. The zero-order valence-electron chi connectivity index (χ0n) is 13.7. The molecule has 1 saturated heterocycles. The Morgan fingerprint density at radius 1 is 1.29 bits per heavy atom. The lowest BCUT2D eigenvalue weighted by atomic mass is 10.00. The van der Waals surface area contributed by atoms with E-state index in [-0.39, 0.29) is 12.2 Å². The second-order valence-electron chi connectivity index (χ2n) is 6.07. The molecule has 0 bridgehead atoms. The minimum Gasteiger partial charge on any atom is -0.497 e. The smallest absolute Gasteiger partial charge is 0.348 e. The monoisotopic (exact) mass is 330 g/mol. The zero-order valence-corrected chi connectivity index (χ0v) is 13.7. The molecule has 1 heterocycles. The molecule has 0 aromatic heterocycles. The number of aliphatic carboxylic acids is 1. The summed E-state index contributed by atoms with van der Waals surface area (Å²) >= 11 is 0. The van der Waals surface area contributed by atoms with E-state index in [4.69, 9.17) is 14.2 Å². The highest BCUT2D eigenvalue weighted by molar-refractivity contribution is 6.06. The normalized spacial score (nSPS) is 20.5. The molecule has 0 radical (unpaired) electrons. The summed E-state index contributed by atoms with van der Waals surface area (Å²) in [6.07, 6.45) is -1.35. The SMILES string of the molecule is COc1cc(C(=O)O[C@H](C(=O)O)[C@@]2(C)CO2)c2cccc(C)c2c1. The third-order valence-electron chi connectivity index (χ3n) is 4.25. The number of aryl methyl sites for hydroxylation is 1. The van der Waals surface area contributed by atoms with Crippen LogP contribution in [0.2, 0.25) is 0 Å². The van der Waals surface area contributed by atoms with E-state index in [1.807, 2.05) is 25.1 Å². The maximum atomic E-state index is 12.6. The summed E-state index contributed by atoms with van der Waals surface area (Å²) in [4.78, 5) is 24.0. The number of carboxylic acids is 1. The number of benzene rings is 2. The van der Waals surface area contributed by atoms with Crippen LogP contribution >= 0.6 is 0 Å². The Morgan fingerprint density at radius 2 is 2.00 bits per heavy atom. The maximum absolute atomic E-state index is 12.6. The first-order chi connectivity index (χ1) is 11.4. The largest absolute Gasteiger partial charge is 0.497 e. The lowest BCUT2D eigenvalue weighted by Crippen LogP contribution is -2.39. The van der Waals surface area contributed by atoms with E-state index in [2.05, 4.69) is 0 Å². The molecule has 0 aliphatic carbocycles. The number of rotatable bonds is 5. The predicted octanol–water partition coefficient (Wildman–Crippen LogP) is 2.56. The van der Waals surface area contributed by atoms with Gasteiger partial charge in [-0.1, -0.05) is 18.2 Å². The first kappa shape index (κ1) is 16.3. The summed E-state index contributed by atoms with van der Waals surface area (Å²) in [5.41, 5.74) is 0.280. The number of hydrogen-bond donors (Lipinski definition) is 1. The number of carbonyl (C=O) groups excluding carboxylic acids is 1. The maximum Gasteiger partial charge on any atom is 0.348 e. The molecule has 3 rings (SSSR count). The topological polar surface area (TPSA) is 85.4 Å². The Kier molecular flexibility index (Phi) is 3.93. The fourth-order valence-electron chi connectivity index (χ4n) is 2.67. The van der Waals surface area contributed by atoms with Crippen molar-refractivity contribution in [3.05, 3.63) is 41.5 Å². The molecule has 1 aliphatic heterocycles. The van der Waals surface area contributed by atoms with Gasteiger partial charge in [0.15, 0.2) is 0 Å². The summed E-state index contributed by atoms with van der Waals surface area (Å²) in [5.74, 6) is -1.44. The average molecular weight is 330 g/mol. The van der Waals surface area contributed by atoms with Crippen LogP contribution in [0.1, 0.15) is 22.8 Å². The van der Waals surface area contributed by atoms with Gasteiger partial charge >= 0.3 is 11.9 Å². The minimum atomic E-state index is -1.35. The molecule has 2 aromatic carbocycles. The number of fused-ring (bicyclic) bond motifs is 1. The van der Waals surface area contributed by atoms with Gasteiger partial charge < -0.3 is 19.3 Å². The molecule has 2 aromatic rings. The van der Waals surface area contributed by atoms with Crippen molar-refractivity contribution < 1.29 is 28.9 Å². The van der Waals surface area contributed by atoms with Crippen LogP contribution in [0.4, 0.5) is 0 Å². The van der Waals surface area contributed by atoms with Gasteiger partial charge in [0.2, 0.25) is 6.10 Å². The Hall–Kier alpha value is -2.60. The van der Waals surface area contributed by atoms with Crippen LogP contribution in [0.5, 0.6) is 5.75 Å². The number of hydrogen-bond acceptors (Lipinski definition) is 5. The minimum absolute atomic E-state index is 0.245. The first-order valence-corrected chi connectivity index (χ1v) is 7.51. The van der Waals surface area contributed by atoms with Gasteiger partial charge in [0, 0.05) is 0 Å². The lowest BCUT2D eigenvalue weighted by molar-refractivity contribution is -0.150. The Labute approximate surface area is 138 Å². The molecule has 6 nitrogen and oxygen atoms in total. The van der Waals surface area contributed by atoms with E-state index >= 15 is 0 Å². The second kappa shape index (κ2) is 5.79. The van der Waals surface area contributed by atoms with Gasteiger partial charge in [-0.2, -0.15) is 0 Å². The first-order valence-electron chi connectivity index (χ1n) is 7.51. The molecule has 126 valence electrons. The number of esters is 1. The Morgan fingerprint density at radius 3 is 2.58 bits per heavy atom. The van der Waals surface area contributed by atoms with Crippen LogP contribution in [0.3, 0.4) is 0 Å². The van der Waals surface area contributed by atoms with E-state index in [9.17, 15) is 14.7 Å². The van der Waals surface area contributed by atoms with E-state index in [1.54, 1.807) is 19.1 Å². The number of epoxide rings is 1. The van der Waals surface area contributed by atoms with E-state index in [0.29, 0.717) is 11.1 Å². The second-order valence-corrected chi connectivity index (χ2v) is 6.07. The van der Waals surface area contributed by atoms with Crippen molar-refractivity contribution in [3.8, 4) is 5.75 Å². The third kappa shape index (κ3) is 2.80. The zero-order chi connectivity index (χ0) is 17.5. The molecular weight excluding hydrogens is 312 g/mol. The number of ether oxygens (including phenoxy) is 3. The van der Waals surface area contributed by atoms with Gasteiger partial charge in [-0.15, -0.1) is 0 Å². The van der Waals surface area contributed by atoms with E-state index in [1.165, 1.54) is 7.11 Å². The fourth-order valence-corrected chi connectivity index (χ4v) is 2.67. The van der Waals surface area contributed by atoms with Gasteiger partial charge in [-0.3, -0.25) is 0 Å². The molecule has 6 heteroatoms. The molecule has 1 fully saturated rings. The standard InChI is InChI=1S/C18H18O6/c1-10-5-4-6-12-13(10)7-11(22-3)8-14(12)17(21)24-15(16(19)20)18(2)9-23-18/h4-8,15H,9H2,1-3H3,(H,19,20)/t15-,18-/m1/s1. The van der Waals surface area contributed by atoms with Gasteiger partial charge in [0.05, 0.1) is 19.3 Å². The molecule has 2 atom stereocenters. The van der Waals surface area contributed by atoms with Crippen LogP contribution in [0.15, 0.2) is 30.3 Å². The van der Waals surface area contributed by atoms with E-state index in [0.717, 1.165) is 10.9 Å². The van der Waals surface area contributed by atoms with Crippen LogP contribution in [-0.2, 0) is 14.3 Å².